The summed E-state index contributed by atoms with van der Waals surface area (Å²) in [5.41, 5.74) is 9.50. The van der Waals surface area contributed by atoms with Crippen LogP contribution in [0, 0.1) is 0 Å². The Morgan fingerprint density at radius 3 is 2.36 bits per heavy atom. The SMILES string of the molecule is CC(C)c1ccc2c(Nc3cc(C(=O)Nc4cccc(C(N)=O)c4)ccc3Oc3ccc(OCc4ccccc4)cc3)ncnc2n1. The van der Waals surface area contributed by atoms with Crippen molar-refractivity contribution >= 4 is 40.0 Å². The third-order valence-corrected chi connectivity index (χ3v) is 7.31. The predicted octanol–water partition coefficient (Wildman–Crippen LogP) is 7.61. The van der Waals surface area contributed by atoms with E-state index >= 15 is 0 Å². The first-order valence-corrected chi connectivity index (χ1v) is 15.0. The molecule has 6 aromatic rings. The summed E-state index contributed by atoms with van der Waals surface area (Å²) in [5.74, 6) is 1.48. The zero-order chi connectivity index (χ0) is 32.8. The average Bonchev–Trinajstić information content (AvgIpc) is 3.09. The Kier molecular flexibility index (Phi) is 9.01. The fourth-order valence-electron chi connectivity index (χ4n) is 4.79. The van der Waals surface area contributed by atoms with Gasteiger partial charge in [0.25, 0.3) is 5.91 Å². The molecule has 10 heteroatoms. The summed E-state index contributed by atoms with van der Waals surface area (Å²) in [6, 6.07) is 32.6. The number of anilines is 3. The quantitative estimate of drug-likeness (QED) is 0.134. The Morgan fingerprint density at radius 2 is 1.60 bits per heavy atom. The van der Waals surface area contributed by atoms with Gasteiger partial charge in [0.1, 0.15) is 30.3 Å². The molecule has 0 bridgehead atoms. The van der Waals surface area contributed by atoms with Crippen LogP contribution in [0.2, 0.25) is 0 Å². The van der Waals surface area contributed by atoms with Gasteiger partial charge in [-0.05, 0) is 84.3 Å². The number of rotatable bonds is 11. The lowest BCUT2D eigenvalue weighted by Gasteiger charge is -2.16. The lowest BCUT2D eigenvalue weighted by atomic mass is 10.1. The normalized spacial score (nSPS) is 10.9. The van der Waals surface area contributed by atoms with Crippen molar-refractivity contribution in [3.8, 4) is 17.2 Å². The molecule has 2 heterocycles. The highest BCUT2D eigenvalue weighted by molar-refractivity contribution is 6.06. The van der Waals surface area contributed by atoms with Gasteiger partial charge in [0.2, 0.25) is 5.91 Å². The van der Waals surface area contributed by atoms with E-state index in [4.69, 9.17) is 20.2 Å². The molecule has 2 amide bonds. The Bertz CT molecular complexity index is 2050. The topological polar surface area (TPSA) is 141 Å². The summed E-state index contributed by atoms with van der Waals surface area (Å²) < 4.78 is 12.2. The van der Waals surface area contributed by atoms with Gasteiger partial charge in [-0.15, -0.1) is 0 Å². The van der Waals surface area contributed by atoms with Crippen LogP contribution in [0.5, 0.6) is 17.2 Å². The molecule has 0 unspecified atom stereocenters. The van der Waals surface area contributed by atoms with Gasteiger partial charge in [-0.25, -0.2) is 15.0 Å². The molecule has 0 saturated carbocycles. The lowest BCUT2D eigenvalue weighted by molar-refractivity contribution is 0.0996. The second kappa shape index (κ2) is 13.8. The maximum Gasteiger partial charge on any atom is 0.255 e. The molecule has 0 radical (unpaired) electrons. The molecule has 4 aromatic carbocycles. The summed E-state index contributed by atoms with van der Waals surface area (Å²) >= 11 is 0. The number of hydrogen-bond donors (Lipinski definition) is 3. The van der Waals surface area contributed by atoms with Gasteiger partial charge in [-0.1, -0.05) is 50.2 Å². The number of fused-ring (bicyclic) bond motifs is 1. The largest absolute Gasteiger partial charge is 0.489 e. The minimum absolute atomic E-state index is 0.236. The first kappa shape index (κ1) is 30.7. The molecule has 10 nitrogen and oxygen atoms in total. The highest BCUT2D eigenvalue weighted by Gasteiger charge is 2.16. The van der Waals surface area contributed by atoms with Crippen molar-refractivity contribution < 1.29 is 19.1 Å². The van der Waals surface area contributed by atoms with Crippen molar-refractivity contribution in [2.45, 2.75) is 26.4 Å². The van der Waals surface area contributed by atoms with E-state index in [-0.39, 0.29) is 11.5 Å². The van der Waals surface area contributed by atoms with Gasteiger partial charge in [-0.3, -0.25) is 9.59 Å². The minimum atomic E-state index is -0.586. The fourth-order valence-corrected chi connectivity index (χ4v) is 4.79. The van der Waals surface area contributed by atoms with Crippen LogP contribution >= 0.6 is 0 Å². The molecule has 6 rings (SSSR count). The van der Waals surface area contributed by atoms with Crippen LogP contribution in [-0.4, -0.2) is 26.8 Å². The highest BCUT2D eigenvalue weighted by Crippen LogP contribution is 2.35. The zero-order valence-electron chi connectivity index (χ0n) is 25.8. The third-order valence-electron chi connectivity index (χ3n) is 7.31. The molecule has 4 N–H and O–H groups in total. The number of carbonyl (C=O) groups excluding carboxylic acids is 2. The van der Waals surface area contributed by atoms with E-state index in [1.165, 1.54) is 12.4 Å². The van der Waals surface area contributed by atoms with Gasteiger partial charge in [0.15, 0.2) is 11.4 Å². The van der Waals surface area contributed by atoms with Gasteiger partial charge in [0.05, 0.1) is 11.1 Å². The van der Waals surface area contributed by atoms with Crippen LogP contribution in [0.1, 0.15) is 51.7 Å². The predicted molar refractivity (Wildman–Crippen MR) is 181 cm³/mol. The fraction of sp³-hybridized carbons (Fsp3) is 0.108. The highest BCUT2D eigenvalue weighted by atomic mass is 16.5. The molecule has 0 aliphatic rings. The summed E-state index contributed by atoms with van der Waals surface area (Å²) in [6.07, 6.45) is 1.44. The molecule has 0 aliphatic heterocycles. The second-order valence-corrected chi connectivity index (χ2v) is 11.1. The van der Waals surface area contributed by atoms with Gasteiger partial charge in [0, 0.05) is 22.5 Å². The number of pyridine rings is 1. The van der Waals surface area contributed by atoms with Crippen molar-refractivity contribution in [2.24, 2.45) is 5.73 Å². The maximum atomic E-state index is 13.3. The molecule has 0 atom stereocenters. The van der Waals surface area contributed by atoms with Gasteiger partial charge >= 0.3 is 0 Å². The molecular formula is C37H32N6O4. The van der Waals surface area contributed by atoms with Crippen LogP contribution in [0.4, 0.5) is 17.2 Å². The smallest absolute Gasteiger partial charge is 0.255 e. The molecule has 234 valence electrons. The summed E-state index contributed by atoms with van der Waals surface area (Å²) in [6.45, 7) is 4.59. The van der Waals surface area contributed by atoms with Crippen LogP contribution in [-0.2, 0) is 6.61 Å². The molecule has 2 aromatic heterocycles. The monoisotopic (exact) mass is 624 g/mol. The number of hydrogen-bond acceptors (Lipinski definition) is 8. The summed E-state index contributed by atoms with van der Waals surface area (Å²) in [7, 11) is 0. The number of nitrogens with zero attached hydrogens (tertiary/aromatic N) is 3. The molecule has 0 saturated heterocycles. The van der Waals surface area contributed by atoms with Crippen LogP contribution < -0.4 is 25.8 Å². The number of nitrogens with two attached hydrogens (primary N) is 1. The Labute approximate surface area is 271 Å². The van der Waals surface area contributed by atoms with E-state index in [9.17, 15) is 9.59 Å². The van der Waals surface area contributed by atoms with Crippen LogP contribution in [0.3, 0.4) is 0 Å². The summed E-state index contributed by atoms with van der Waals surface area (Å²) in [4.78, 5) is 38.5. The number of ether oxygens (including phenoxy) is 2. The molecule has 0 spiro atoms. The Balaban J connectivity index is 1.28. The maximum absolute atomic E-state index is 13.3. The van der Waals surface area contributed by atoms with E-state index in [1.807, 2.05) is 66.7 Å². The van der Waals surface area contributed by atoms with Crippen molar-refractivity contribution in [1.29, 1.82) is 0 Å². The molecule has 47 heavy (non-hydrogen) atoms. The molecular weight excluding hydrogens is 592 g/mol. The van der Waals surface area contributed by atoms with Gasteiger partial charge in [-0.2, -0.15) is 0 Å². The van der Waals surface area contributed by atoms with E-state index in [0.29, 0.717) is 57.6 Å². The number of amides is 2. The molecule has 0 aliphatic carbocycles. The number of carbonyl (C=O) groups is 2. The number of aromatic nitrogens is 3. The Hall–Kier alpha value is -6.29. The van der Waals surface area contributed by atoms with Crippen molar-refractivity contribution in [3.63, 3.8) is 0 Å². The van der Waals surface area contributed by atoms with E-state index in [2.05, 4.69) is 34.4 Å². The zero-order valence-corrected chi connectivity index (χ0v) is 25.8. The van der Waals surface area contributed by atoms with Crippen molar-refractivity contribution in [1.82, 2.24) is 15.0 Å². The minimum Gasteiger partial charge on any atom is -0.489 e. The molecule has 0 fully saturated rings. The van der Waals surface area contributed by atoms with Crippen molar-refractivity contribution in [3.05, 3.63) is 138 Å². The number of nitrogens with one attached hydrogen (secondary N) is 2. The second-order valence-electron chi connectivity index (χ2n) is 11.1. The van der Waals surface area contributed by atoms with E-state index < -0.39 is 11.8 Å². The Morgan fingerprint density at radius 1 is 0.809 bits per heavy atom. The average molecular weight is 625 g/mol. The lowest BCUT2D eigenvalue weighted by Crippen LogP contribution is -2.14. The standard InChI is InChI=1S/C37H32N6O4/c1-23(2)31-17-16-30-35(42-31)39-22-40-36(30)43-32-20-26(37(45)41-27-10-6-9-25(19-27)34(38)44)11-18-33(32)47-29-14-12-28(13-15-29)46-21-24-7-4-3-5-8-24/h3-20,22-23H,21H2,1-2H3,(H2,38,44)(H,41,45)(H,39,40,42,43). The third kappa shape index (κ3) is 7.51. The van der Waals surface area contributed by atoms with Crippen LogP contribution in [0.25, 0.3) is 11.0 Å². The van der Waals surface area contributed by atoms with Gasteiger partial charge < -0.3 is 25.8 Å². The van der Waals surface area contributed by atoms with E-state index in [1.54, 1.807) is 36.4 Å². The summed E-state index contributed by atoms with van der Waals surface area (Å²) in [5, 5.41) is 6.87. The first-order valence-electron chi connectivity index (χ1n) is 15.0. The number of benzene rings is 4. The number of primary amides is 1. The van der Waals surface area contributed by atoms with Crippen molar-refractivity contribution in [2.75, 3.05) is 10.6 Å². The van der Waals surface area contributed by atoms with E-state index in [0.717, 1.165) is 11.3 Å². The first-order chi connectivity index (χ1) is 22.8. The van der Waals surface area contributed by atoms with Crippen LogP contribution in [0.15, 0.2) is 116 Å².